The van der Waals surface area contributed by atoms with Crippen LogP contribution in [0.15, 0.2) is 36.5 Å². The van der Waals surface area contributed by atoms with Gasteiger partial charge >= 0.3 is 5.97 Å². The molecule has 0 bridgehead atoms. The lowest BCUT2D eigenvalue weighted by molar-refractivity contribution is -0.131. The average Bonchev–Trinajstić information content (AvgIpc) is 2.86. The molecule has 0 radical (unpaired) electrons. The van der Waals surface area contributed by atoms with E-state index < -0.39 is 24.3 Å². The molecule has 1 rings (SSSR count). The summed E-state index contributed by atoms with van der Waals surface area (Å²) >= 11 is 0. The molecule has 0 spiro atoms. The lowest BCUT2D eigenvalue weighted by atomic mass is 9.80. The van der Waals surface area contributed by atoms with Crippen molar-refractivity contribution in [2.45, 2.75) is 77.7 Å². The zero-order valence-electron chi connectivity index (χ0n) is 16.7. The van der Waals surface area contributed by atoms with Crippen molar-refractivity contribution in [3.05, 3.63) is 36.5 Å². The Bertz CT molecular complexity index is 538. The Morgan fingerprint density at radius 1 is 1.30 bits per heavy atom. The number of rotatable bonds is 11. The Morgan fingerprint density at radius 3 is 2.63 bits per heavy atom. The van der Waals surface area contributed by atoms with E-state index in [0.717, 1.165) is 25.3 Å². The van der Waals surface area contributed by atoms with Crippen molar-refractivity contribution >= 4 is 5.97 Å². The molecule has 3 N–H and O–H groups in total. The molecule has 1 aliphatic carbocycles. The van der Waals surface area contributed by atoms with E-state index in [-0.39, 0.29) is 23.7 Å². The van der Waals surface area contributed by atoms with E-state index in [1.165, 1.54) is 6.08 Å². The van der Waals surface area contributed by atoms with Crippen LogP contribution in [0, 0.1) is 17.3 Å². The van der Waals surface area contributed by atoms with E-state index >= 15 is 0 Å². The van der Waals surface area contributed by atoms with Crippen molar-refractivity contribution in [3.8, 4) is 0 Å². The number of allylic oxidation sites excluding steroid dienone is 3. The Kier molecular flexibility index (Phi) is 9.95. The molecule has 1 saturated carbocycles. The standard InChI is InChI=1S/C22H35FO4/c1-4-5-14-22(2,3)20(25)13-12-17-16(18(23)15-19(17)24)10-8-6-7-9-11-21(26)27/h6,8-9,11-13,16-20,24-25H,4-5,7,10,14-15H2,1-3H3,(H,26,27)/b8-6-,11-9+,13-12+/t16-,17-,18-,19-,20-/m1/s1. The van der Waals surface area contributed by atoms with Crippen LogP contribution in [0.4, 0.5) is 4.39 Å². The highest BCUT2D eigenvalue weighted by Gasteiger charge is 2.41. The van der Waals surface area contributed by atoms with Gasteiger partial charge in [0, 0.05) is 24.3 Å². The molecule has 1 aliphatic rings. The maximum atomic E-state index is 14.3. The first-order chi connectivity index (χ1) is 12.7. The Balaban J connectivity index is 2.67. The number of aliphatic carboxylic acids is 1. The van der Waals surface area contributed by atoms with Crippen LogP contribution in [0.1, 0.15) is 59.3 Å². The second-order valence-electron chi connectivity index (χ2n) is 8.17. The van der Waals surface area contributed by atoms with Gasteiger partial charge in [0.15, 0.2) is 0 Å². The minimum Gasteiger partial charge on any atom is -0.478 e. The van der Waals surface area contributed by atoms with E-state index in [1.807, 2.05) is 19.9 Å². The van der Waals surface area contributed by atoms with Crippen LogP contribution in [0.5, 0.6) is 0 Å². The van der Waals surface area contributed by atoms with Gasteiger partial charge in [0.2, 0.25) is 0 Å². The third kappa shape index (κ3) is 7.97. The number of carboxylic acid groups (broad SMARTS) is 1. The summed E-state index contributed by atoms with van der Waals surface area (Å²) in [6.45, 7) is 6.15. The number of unbranched alkanes of at least 4 members (excludes halogenated alkanes) is 1. The normalized spacial score (nSPS) is 27.9. The summed E-state index contributed by atoms with van der Waals surface area (Å²) < 4.78 is 14.3. The van der Waals surface area contributed by atoms with Crippen molar-refractivity contribution in [2.24, 2.45) is 17.3 Å². The maximum absolute atomic E-state index is 14.3. The first kappa shape index (κ1) is 23.6. The van der Waals surface area contributed by atoms with Crippen molar-refractivity contribution in [1.29, 1.82) is 0 Å². The molecular weight excluding hydrogens is 347 g/mol. The minimum absolute atomic E-state index is 0.113. The third-order valence-corrected chi connectivity index (χ3v) is 5.47. The number of hydrogen-bond acceptors (Lipinski definition) is 3. The van der Waals surface area contributed by atoms with Crippen molar-refractivity contribution < 1.29 is 24.5 Å². The van der Waals surface area contributed by atoms with Gasteiger partial charge in [0.1, 0.15) is 6.17 Å². The summed E-state index contributed by atoms with van der Waals surface area (Å²) in [5.74, 6) is -1.64. The van der Waals surface area contributed by atoms with Gasteiger partial charge in [-0.1, -0.05) is 64.0 Å². The predicted molar refractivity (Wildman–Crippen MR) is 106 cm³/mol. The second kappa shape index (κ2) is 11.4. The smallest absolute Gasteiger partial charge is 0.327 e. The number of carboxylic acids is 1. The minimum atomic E-state index is -1.08. The third-order valence-electron chi connectivity index (χ3n) is 5.47. The SMILES string of the molecule is CCCCC(C)(C)[C@H](O)/C=C/[C@@H]1[C@@H](C/C=C\C/C=C/C(=O)O)[C@H](F)C[C@H]1O. The lowest BCUT2D eigenvalue weighted by Gasteiger charge is -2.29. The zero-order chi connectivity index (χ0) is 20.4. The average molecular weight is 383 g/mol. The van der Waals surface area contributed by atoms with Crippen LogP contribution in [-0.4, -0.2) is 39.7 Å². The molecule has 0 aromatic heterocycles. The largest absolute Gasteiger partial charge is 0.478 e. The molecular formula is C22H35FO4. The van der Waals surface area contributed by atoms with E-state index in [0.29, 0.717) is 12.8 Å². The highest BCUT2D eigenvalue weighted by atomic mass is 19.1. The fourth-order valence-corrected chi connectivity index (χ4v) is 3.54. The number of alkyl halides is 1. The predicted octanol–water partition coefficient (Wildman–Crippen LogP) is 4.43. The first-order valence-corrected chi connectivity index (χ1v) is 9.92. The number of carbonyl (C=O) groups is 1. The molecule has 0 heterocycles. The monoisotopic (exact) mass is 382 g/mol. The van der Waals surface area contributed by atoms with Gasteiger partial charge in [-0.05, 0) is 24.7 Å². The molecule has 0 aliphatic heterocycles. The summed E-state index contributed by atoms with van der Waals surface area (Å²) in [6, 6.07) is 0. The lowest BCUT2D eigenvalue weighted by Crippen LogP contribution is -2.28. The number of halogens is 1. The summed E-state index contributed by atoms with van der Waals surface area (Å²) in [7, 11) is 0. The maximum Gasteiger partial charge on any atom is 0.327 e. The zero-order valence-corrected chi connectivity index (χ0v) is 16.7. The Morgan fingerprint density at radius 2 is 2.00 bits per heavy atom. The fourth-order valence-electron chi connectivity index (χ4n) is 3.54. The number of hydrogen-bond donors (Lipinski definition) is 3. The summed E-state index contributed by atoms with van der Waals surface area (Å²) in [5.41, 5.74) is -0.253. The first-order valence-electron chi connectivity index (χ1n) is 9.92. The fraction of sp³-hybridized carbons (Fsp3) is 0.682. The molecule has 4 nitrogen and oxygen atoms in total. The van der Waals surface area contributed by atoms with Gasteiger partial charge < -0.3 is 15.3 Å². The van der Waals surface area contributed by atoms with Gasteiger partial charge in [-0.2, -0.15) is 0 Å². The molecule has 27 heavy (non-hydrogen) atoms. The van der Waals surface area contributed by atoms with Gasteiger partial charge in [-0.15, -0.1) is 0 Å². The number of aliphatic hydroxyl groups is 2. The second-order valence-corrected chi connectivity index (χ2v) is 8.17. The van der Waals surface area contributed by atoms with Crippen molar-refractivity contribution in [1.82, 2.24) is 0 Å². The van der Waals surface area contributed by atoms with E-state index in [2.05, 4.69) is 6.92 Å². The van der Waals surface area contributed by atoms with Crippen LogP contribution >= 0.6 is 0 Å². The molecule has 0 unspecified atom stereocenters. The van der Waals surface area contributed by atoms with Crippen LogP contribution in [0.2, 0.25) is 0 Å². The molecule has 5 heteroatoms. The quantitative estimate of drug-likeness (QED) is 0.365. The molecule has 0 aromatic carbocycles. The molecule has 0 aromatic rings. The van der Waals surface area contributed by atoms with Crippen LogP contribution in [-0.2, 0) is 4.79 Å². The van der Waals surface area contributed by atoms with Gasteiger partial charge in [0.05, 0.1) is 12.2 Å². The van der Waals surface area contributed by atoms with Crippen LogP contribution < -0.4 is 0 Å². The van der Waals surface area contributed by atoms with Crippen LogP contribution in [0.3, 0.4) is 0 Å². The summed E-state index contributed by atoms with van der Waals surface area (Å²) in [5, 5.41) is 29.2. The van der Waals surface area contributed by atoms with E-state index in [9.17, 15) is 19.4 Å². The highest BCUT2D eigenvalue weighted by Crippen LogP contribution is 2.39. The van der Waals surface area contributed by atoms with Gasteiger partial charge in [0.25, 0.3) is 0 Å². The summed E-state index contributed by atoms with van der Waals surface area (Å²) in [6.07, 6.45) is 11.4. The van der Waals surface area contributed by atoms with Gasteiger partial charge in [-0.3, -0.25) is 0 Å². The van der Waals surface area contributed by atoms with E-state index in [1.54, 1.807) is 18.2 Å². The molecule has 0 saturated heterocycles. The summed E-state index contributed by atoms with van der Waals surface area (Å²) in [4.78, 5) is 10.4. The molecule has 0 amide bonds. The highest BCUT2D eigenvalue weighted by molar-refractivity contribution is 5.79. The van der Waals surface area contributed by atoms with Crippen LogP contribution in [0.25, 0.3) is 0 Å². The molecule has 154 valence electrons. The Labute approximate surface area is 162 Å². The van der Waals surface area contributed by atoms with Gasteiger partial charge in [-0.25, -0.2) is 9.18 Å². The number of aliphatic hydroxyl groups excluding tert-OH is 2. The molecule has 1 fully saturated rings. The molecule has 5 atom stereocenters. The van der Waals surface area contributed by atoms with E-state index in [4.69, 9.17) is 5.11 Å². The Hall–Kier alpha value is -1.46. The van der Waals surface area contributed by atoms with Crippen molar-refractivity contribution in [2.75, 3.05) is 0 Å². The van der Waals surface area contributed by atoms with Crippen molar-refractivity contribution in [3.63, 3.8) is 0 Å². The topological polar surface area (TPSA) is 77.8 Å².